The van der Waals surface area contributed by atoms with Crippen molar-refractivity contribution in [2.24, 2.45) is 0 Å². The third kappa shape index (κ3) is 5.70. The molecule has 140 valence electrons. The number of aromatic nitrogens is 1. The van der Waals surface area contributed by atoms with Crippen molar-refractivity contribution in [1.29, 1.82) is 0 Å². The van der Waals surface area contributed by atoms with E-state index in [1.54, 1.807) is 30.6 Å². The van der Waals surface area contributed by atoms with Crippen LogP contribution in [-0.2, 0) is 11.2 Å². The second-order valence-electron chi connectivity index (χ2n) is 5.72. The summed E-state index contributed by atoms with van der Waals surface area (Å²) in [5.41, 5.74) is 1.98. The quantitative estimate of drug-likeness (QED) is 0.613. The zero-order valence-electron chi connectivity index (χ0n) is 14.8. The van der Waals surface area contributed by atoms with Gasteiger partial charge in [-0.05, 0) is 24.3 Å². The summed E-state index contributed by atoms with van der Waals surface area (Å²) in [6.45, 7) is 0.463. The highest BCUT2D eigenvalue weighted by molar-refractivity contribution is 7.13. The molecule has 27 heavy (non-hydrogen) atoms. The van der Waals surface area contributed by atoms with Crippen molar-refractivity contribution < 1.29 is 14.3 Å². The summed E-state index contributed by atoms with van der Waals surface area (Å²) in [6.07, 6.45) is 0.662. The van der Waals surface area contributed by atoms with E-state index < -0.39 is 0 Å². The lowest BCUT2D eigenvalue weighted by atomic mass is 10.2. The van der Waals surface area contributed by atoms with Gasteiger partial charge in [0, 0.05) is 35.0 Å². The van der Waals surface area contributed by atoms with E-state index in [-0.39, 0.29) is 12.5 Å². The number of carbonyl (C=O) groups is 1. The molecule has 1 amide bonds. The van der Waals surface area contributed by atoms with Gasteiger partial charge < -0.3 is 14.8 Å². The van der Waals surface area contributed by atoms with Crippen molar-refractivity contribution in [2.45, 2.75) is 6.42 Å². The first-order chi connectivity index (χ1) is 13.1. The van der Waals surface area contributed by atoms with E-state index in [9.17, 15) is 4.79 Å². The second-order valence-corrected chi connectivity index (χ2v) is 7.01. The number of halogens is 1. The first-order valence-corrected chi connectivity index (χ1v) is 9.64. The largest absolute Gasteiger partial charge is 0.497 e. The van der Waals surface area contributed by atoms with E-state index in [1.807, 2.05) is 41.8 Å². The van der Waals surface area contributed by atoms with Crippen LogP contribution in [-0.4, -0.2) is 31.2 Å². The van der Waals surface area contributed by atoms with Crippen LogP contribution in [0.1, 0.15) is 5.69 Å². The van der Waals surface area contributed by atoms with Gasteiger partial charge in [0.05, 0.1) is 12.8 Å². The molecule has 0 spiro atoms. The summed E-state index contributed by atoms with van der Waals surface area (Å²) in [4.78, 5) is 16.5. The van der Waals surface area contributed by atoms with Crippen molar-refractivity contribution in [1.82, 2.24) is 10.3 Å². The Morgan fingerprint density at radius 3 is 2.74 bits per heavy atom. The number of rotatable bonds is 8. The van der Waals surface area contributed by atoms with Crippen molar-refractivity contribution in [3.63, 3.8) is 0 Å². The molecule has 0 bridgehead atoms. The molecule has 1 heterocycles. The molecule has 0 aliphatic rings. The second kappa shape index (κ2) is 9.39. The van der Waals surface area contributed by atoms with E-state index >= 15 is 0 Å². The lowest BCUT2D eigenvalue weighted by Gasteiger charge is -2.08. The summed E-state index contributed by atoms with van der Waals surface area (Å²) in [6, 6.07) is 14.7. The molecule has 0 aliphatic heterocycles. The number of thiazole rings is 1. The standard InChI is InChI=1S/C20H19ClN2O3S/c1-25-17-3-2-4-18(11-17)26-12-19(24)22-10-9-16-13-27-20(23-16)14-5-7-15(21)8-6-14/h2-8,11,13H,9-10,12H2,1H3,(H,22,24). The molecule has 7 heteroatoms. The van der Waals surface area contributed by atoms with Crippen LogP contribution in [0.3, 0.4) is 0 Å². The van der Waals surface area contributed by atoms with E-state index in [1.165, 1.54) is 0 Å². The van der Waals surface area contributed by atoms with Crippen molar-refractivity contribution in [3.8, 4) is 22.1 Å². The molecule has 0 atom stereocenters. The summed E-state index contributed by atoms with van der Waals surface area (Å²) < 4.78 is 10.6. The summed E-state index contributed by atoms with van der Waals surface area (Å²) >= 11 is 7.48. The van der Waals surface area contributed by atoms with Crippen molar-refractivity contribution in [3.05, 3.63) is 64.6 Å². The van der Waals surface area contributed by atoms with Crippen LogP contribution in [0.4, 0.5) is 0 Å². The van der Waals surface area contributed by atoms with Crippen LogP contribution in [0.25, 0.3) is 10.6 Å². The third-order valence-electron chi connectivity index (χ3n) is 3.76. The number of methoxy groups -OCH3 is 1. The number of nitrogens with one attached hydrogen (secondary N) is 1. The average molecular weight is 403 g/mol. The highest BCUT2D eigenvalue weighted by Crippen LogP contribution is 2.25. The molecule has 3 aromatic rings. The lowest BCUT2D eigenvalue weighted by molar-refractivity contribution is -0.123. The molecule has 0 saturated heterocycles. The van der Waals surface area contributed by atoms with Gasteiger partial charge in [-0.25, -0.2) is 4.98 Å². The topological polar surface area (TPSA) is 60.5 Å². The molecule has 2 aromatic carbocycles. The number of hydrogen-bond donors (Lipinski definition) is 1. The van der Waals surface area contributed by atoms with E-state index in [2.05, 4.69) is 10.3 Å². The summed E-state index contributed by atoms with van der Waals surface area (Å²) in [5, 5.41) is 6.48. The molecule has 1 aromatic heterocycles. The van der Waals surface area contributed by atoms with Crippen LogP contribution < -0.4 is 14.8 Å². The SMILES string of the molecule is COc1cccc(OCC(=O)NCCc2csc(-c3ccc(Cl)cc3)n2)c1. The fraction of sp³-hybridized carbons (Fsp3) is 0.200. The first kappa shape index (κ1) is 19.2. The molecule has 3 rings (SSSR count). The molecule has 0 saturated carbocycles. The van der Waals surface area contributed by atoms with Crippen molar-refractivity contribution in [2.75, 3.05) is 20.3 Å². The van der Waals surface area contributed by atoms with Crippen LogP contribution in [0.2, 0.25) is 5.02 Å². The highest BCUT2D eigenvalue weighted by Gasteiger charge is 2.07. The van der Waals surface area contributed by atoms with Gasteiger partial charge in [-0.1, -0.05) is 29.8 Å². The minimum atomic E-state index is -0.175. The van der Waals surface area contributed by atoms with E-state index in [0.29, 0.717) is 29.5 Å². The number of amides is 1. The number of benzene rings is 2. The maximum absolute atomic E-state index is 11.9. The molecule has 1 N–H and O–H groups in total. The van der Waals surface area contributed by atoms with Gasteiger partial charge in [0.15, 0.2) is 6.61 Å². The van der Waals surface area contributed by atoms with Gasteiger partial charge in [0.25, 0.3) is 5.91 Å². The van der Waals surface area contributed by atoms with Gasteiger partial charge in [0.2, 0.25) is 0 Å². The number of nitrogens with zero attached hydrogens (tertiary/aromatic N) is 1. The molecule has 5 nitrogen and oxygen atoms in total. The monoisotopic (exact) mass is 402 g/mol. The maximum atomic E-state index is 11.9. The number of ether oxygens (including phenoxy) is 2. The summed E-state index contributed by atoms with van der Waals surface area (Å²) in [7, 11) is 1.59. The molecular formula is C20H19ClN2O3S. The van der Waals surface area contributed by atoms with Crippen LogP contribution in [0.5, 0.6) is 11.5 Å². The maximum Gasteiger partial charge on any atom is 0.257 e. The Kier molecular flexibility index (Phi) is 6.68. The minimum Gasteiger partial charge on any atom is -0.497 e. The molecule has 0 radical (unpaired) electrons. The van der Waals surface area contributed by atoms with Gasteiger partial charge in [0.1, 0.15) is 16.5 Å². The number of carbonyl (C=O) groups excluding carboxylic acids is 1. The predicted octanol–water partition coefficient (Wildman–Crippen LogP) is 4.21. The Morgan fingerprint density at radius 2 is 1.96 bits per heavy atom. The highest BCUT2D eigenvalue weighted by atomic mass is 35.5. The zero-order valence-corrected chi connectivity index (χ0v) is 16.3. The van der Waals surface area contributed by atoms with Gasteiger partial charge in [-0.15, -0.1) is 11.3 Å². The smallest absolute Gasteiger partial charge is 0.257 e. The zero-order chi connectivity index (χ0) is 19.1. The average Bonchev–Trinajstić information content (AvgIpc) is 3.16. The predicted molar refractivity (Wildman–Crippen MR) is 108 cm³/mol. The Hall–Kier alpha value is -2.57. The normalized spacial score (nSPS) is 10.4. The Balaban J connectivity index is 1.43. The lowest BCUT2D eigenvalue weighted by Crippen LogP contribution is -2.30. The molecular weight excluding hydrogens is 384 g/mol. The van der Waals surface area contributed by atoms with Crippen LogP contribution >= 0.6 is 22.9 Å². The van der Waals surface area contributed by atoms with Crippen LogP contribution in [0.15, 0.2) is 53.9 Å². The van der Waals surface area contributed by atoms with Crippen molar-refractivity contribution >= 4 is 28.8 Å². The van der Waals surface area contributed by atoms with E-state index in [0.717, 1.165) is 16.3 Å². The van der Waals surface area contributed by atoms with Gasteiger partial charge >= 0.3 is 0 Å². The Labute approximate surface area is 166 Å². The first-order valence-electron chi connectivity index (χ1n) is 8.38. The van der Waals surface area contributed by atoms with E-state index in [4.69, 9.17) is 21.1 Å². The summed E-state index contributed by atoms with van der Waals surface area (Å²) in [5.74, 6) is 1.11. The van der Waals surface area contributed by atoms with Crippen LogP contribution in [0, 0.1) is 0 Å². The fourth-order valence-corrected chi connectivity index (χ4v) is 3.35. The molecule has 0 fully saturated rings. The molecule has 0 unspecified atom stereocenters. The Bertz CT molecular complexity index is 896. The molecule has 0 aliphatic carbocycles. The minimum absolute atomic E-state index is 0.0414. The van der Waals surface area contributed by atoms with Gasteiger partial charge in [-0.2, -0.15) is 0 Å². The Morgan fingerprint density at radius 1 is 1.19 bits per heavy atom. The third-order valence-corrected chi connectivity index (χ3v) is 4.95. The fourth-order valence-electron chi connectivity index (χ4n) is 2.37. The number of hydrogen-bond acceptors (Lipinski definition) is 5. The van der Waals surface area contributed by atoms with Gasteiger partial charge in [-0.3, -0.25) is 4.79 Å².